The lowest BCUT2D eigenvalue weighted by Crippen LogP contribution is -2.39. The highest BCUT2D eigenvalue weighted by molar-refractivity contribution is 6.00. The van der Waals surface area contributed by atoms with Crippen LogP contribution in [-0.4, -0.2) is 61.0 Å². The quantitative estimate of drug-likeness (QED) is 0.600. The number of ether oxygens (including phenoxy) is 1. The fourth-order valence-corrected chi connectivity index (χ4v) is 4.92. The molecule has 3 aliphatic heterocycles. The van der Waals surface area contributed by atoms with E-state index in [0.29, 0.717) is 31.2 Å². The van der Waals surface area contributed by atoms with E-state index < -0.39 is 5.60 Å². The molecule has 1 N–H and O–H groups in total. The van der Waals surface area contributed by atoms with Crippen molar-refractivity contribution in [2.24, 2.45) is 11.8 Å². The highest BCUT2D eigenvalue weighted by atomic mass is 16.6. The smallest absolute Gasteiger partial charge is 0.320 e. The first kappa shape index (κ1) is 20.8. The van der Waals surface area contributed by atoms with Crippen molar-refractivity contribution < 1.29 is 19.1 Å². The lowest BCUT2D eigenvalue weighted by Gasteiger charge is -2.25. The Bertz CT molecular complexity index is 816. The topological polar surface area (TPSA) is 79.0 Å². The van der Waals surface area contributed by atoms with Gasteiger partial charge in [-0.3, -0.25) is 24.6 Å². The first-order valence-corrected chi connectivity index (χ1v) is 10.8. The number of piperidine rings is 1. The minimum absolute atomic E-state index is 0.150. The van der Waals surface area contributed by atoms with Gasteiger partial charge in [-0.1, -0.05) is 12.1 Å². The van der Waals surface area contributed by atoms with E-state index in [1.807, 2.05) is 32.9 Å². The molecule has 4 rings (SSSR count). The number of likely N-dealkylation sites (tertiary alicyclic amines) is 1. The number of fused-ring (bicyclic) bond motifs is 1. The zero-order valence-electron chi connectivity index (χ0n) is 18.0. The highest BCUT2D eigenvalue weighted by Crippen LogP contribution is 2.35. The van der Waals surface area contributed by atoms with E-state index in [2.05, 4.69) is 27.2 Å². The minimum atomic E-state index is -0.441. The second-order valence-electron chi connectivity index (χ2n) is 9.80. The molecular weight excluding hydrogens is 382 g/mol. The molecule has 3 saturated heterocycles. The molecule has 0 radical (unpaired) electrons. The van der Waals surface area contributed by atoms with Crippen LogP contribution in [0.4, 0.5) is 5.69 Å². The molecule has 0 spiro atoms. The van der Waals surface area contributed by atoms with Gasteiger partial charge in [0.2, 0.25) is 11.8 Å². The summed E-state index contributed by atoms with van der Waals surface area (Å²) in [5.41, 5.74) is 1.69. The molecule has 0 aliphatic carbocycles. The summed E-state index contributed by atoms with van der Waals surface area (Å²) in [6, 6.07) is 8.19. The predicted molar refractivity (Wildman–Crippen MR) is 113 cm³/mol. The van der Waals surface area contributed by atoms with Crippen LogP contribution >= 0.6 is 0 Å². The Morgan fingerprint density at radius 2 is 1.70 bits per heavy atom. The van der Waals surface area contributed by atoms with Crippen LogP contribution in [0.15, 0.2) is 24.3 Å². The standard InChI is InChI=1S/C23H31N3O4/c1-23(2,3)30-21(28)14-25-10-16-12-26(13-17(16)11-25)18-6-4-15(5-7-18)19-8-9-20(27)24-22(19)29/h4-7,16-17,19H,8-14H2,1-3H3,(H,24,27,29)/t16-,17-,19?/m1/s1. The number of carbonyl (C=O) groups is 3. The molecule has 3 fully saturated rings. The van der Waals surface area contributed by atoms with Crippen molar-refractivity contribution in [1.29, 1.82) is 0 Å². The fourth-order valence-electron chi connectivity index (χ4n) is 4.92. The van der Waals surface area contributed by atoms with Crippen molar-refractivity contribution >= 4 is 23.5 Å². The Labute approximate surface area is 177 Å². The maximum absolute atomic E-state index is 12.1. The number of imide groups is 1. The Hall–Kier alpha value is -2.41. The first-order chi connectivity index (χ1) is 14.2. The maximum Gasteiger partial charge on any atom is 0.320 e. The van der Waals surface area contributed by atoms with Gasteiger partial charge in [-0.2, -0.15) is 0 Å². The van der Waals surface area contributed by atoms with E-state index in [9.17, 15) is 14.4 Å². The van der Waals surface area contributed by atoms with Crippen LogP contribution in [0.3, 0.4) is 0 Å². The van der Waals surface area contributed by atoms with Crippen molar-refractivity contribution in [3.8, 4) is 0 Å². The molecule has 2 amide bonds. The van der Waals surface area contributed by atoms with Crippen LogP contribution in [-0.2, 0) is 19.1 Å². The van der Waals surface area contributed by atoms with Gasteiger partial charge in [0.05, 0.1) is 12.5 Å². The molecule has 7 nitrogen and oxygen atoms in total. The van der Waals surface area contributed by atoms with Gasteiger partial charge in [-0.05, 0) is 56.7 Å². The third kappa shape index (κ3) is 4.67. The van der Waals surface area contributed by atoms with Crippen molar-refractivity contribution in [2.45, 2.75) is 45.1 Å². The number of carbonyl (C=O) groups excluding carboxylic acids is 3. The molecule has 0 saturated carbocycles. The molecular formula is C23H31N3O4. The third-order valence-corrected chi connectivity index (χ3v) is 6.23. The Kier molecular flexibility index (Phi) is 5.57. The number of anilines is 1. The molecule has 1 unspecified atom stereocenters. The lowest BCUT2D eigenvalue weighted by atomic mass is 9.90. The highest BCUT2D eigenvalue weighted by Gasteiger charge is 2.41. The van der Waals surface area contributed by atoms with Crippen molar-refractivity contribution in [3.05, 3.63) is 29.8 Å². The SMILES string of the molecule is CC(C)(C)OC(=O)CN1C[C@@H]2CN(c3ccc(C4CCC(=O)NC4=O)cc3)C[C@H]2C1. The fraction of sp³-hybridized carbons (Fsp3) is 0.609. The predicted octanol–water partition coefficient (Wildman–Crippen LogP) is 1.92. The van der Waals surface area contributed by atoms with Crippen LogP contribution in [0.25, 0.3) is 0 Å². The van der Waals surface area contributed by atoms with Crippen LogP contribution in [0.5, 0.6) is 0 Å². The second kappa shape index (κ2) is 8.02. The lowest BCUT2D eigenvalue weighted by molar-refractivity contribution is -0.156. The number of hydrogen-bond acceptors (Lipinski definition) is 6. The number of nitrogens with zero attached hydrogens (tertiary/aromatic N) is 2. The van der Waals surface area contributed by atoms with Gasteiger partial charge in [-0.25, -0.2) is 0 Å². The molecule has 1 aromatic carbocycles. The summed E-state index contributed by atoms with van der Waals surface area (Å²) in [7, 11) is 0. The van der Waals surface area contributed by atoms with Gasteiger partial charge < -0.3 is 9.64 Å². The van der Waals surface area contributed by atoms with E-state index >= 15 is 0 Å². The number of amides is 2. The monoisotopic (exact) mass is 413 g/mol. The van der Waals surface area contributed by atoms with Gasteiger partial charge in [-0.15, -0.1) is 0 Å². The van der Waals surface area contributed by atoms with E-state index in [4.69, 9.17) is 4.74 Å². The number of rotatable bonds is 4. The van der Waals surface area contributed by atoms with Crippen LogP contribution in [0, 0.1) is 11.8 Å². The summed E-state index contributed by atoms with van der Waals surface area (Å²) in [4.78, 5) is 40.1. The molecule has 0 aromatic heterocycles. The maximum atomic E-state index is 12.1. The molecule has 3 aliphatic rings. The summed E-state index contributed by atoms with van der Waals surface area (Å²) >= 11 is 0. The van der Waals surface area contributed by atoms with Crippen LogP contribution in [0.1, 0.15) is 45.1 Å². The van der Waals surface area contributed by atoms with Gasteiger partial charge >= 0.3 is 5.97 Å². The zero-order valence-corrected chi connectivity index (χ0v) is 18.0. The number of hydrogen-bond donors (Lipinski definition) is 1. The molecule has 3 atom stereocenters. The largest absolute Gasteiger partial charge is 0.459 e. The molecule has 162 valence electrons. The van der Waals surface area contributed by atoms with Crippen LogP contribution < -0.4 is 10.2 Å². The van der Waals surface area contributed by atoms with E-state index in [0.717, 1.165) is 31.7 Å². The van der Waals surface area contributed by atoms with E-state index in [1.54, 1.807) is 0 Å². The Balaban J connectivity index is 1.30. The number of nitrogens with one attached hydrogen (secondary N) is 1. The van der Waals surface area contributed by atoms with E-state index in [1.165, 1.54) is 5.69 Å². The minimum Gasteiger partial charge on any atom is -0.459 e. The van der Waals surface area contributed by atoms with Crippen molar-refractivity contribution in [2.75, 3.05) is 37.6 Å². The summed E-state index contributed by atoms with van der Waals surface area (Å²) in [6.07, 6.45) is 0.971. The summed E-state index contributed by atoms with van der Waals surface area (Å²) in [5, 5.41) is 2.43. The molecule has 3 heterocycles. The molecule has 1 aromatic rings. The Morgan fingerprint density at radius 1 is 1.07 bits per heavy atom. The van der Waals surface area contributed by atoms with Crippen molar-refractivity contribution in [1.82, 2.24) is 10.2 Å². The van der Waals surface area contributed by atoms with Gasteiger partial charge in [0, 0.05) is 38.3 Å². The van der Waals surface area contributed by atoms with Gasteiger partial charge in [0.1, 0.15) is 5.60 Å². The first-order valence-electron chi connectivity index (χ1n) is 10.8. The van der Waals surface area contributed by atoms with Gasteiger partial charge in [0.15, 0.2) is 0 Å². The zero-order chi connectivity index (χ0) is 21.5. The van der Waals surface area contributed by atoms with Crippen LogP contribution in [0.2, 0.25) is 0 Å². The van der Waals surface area contributed by atoms with E-state index in [-0.39, 0.29) is 23.7 Å². The molecule has 7 heteroatoms. The number of benzene rings is 1. The number of esters is 1. The average molecular weight is 414 g/mol. The average Bonchev–Trinajstić information content (AvgIpc) is 3.18. The third-order valence-electron chi connectivity index (χ3n) is 6.23. The van der Waals surface area contributed by atoms with Gasteiger partial charge in [0.25, 0.3) is 0 Å². The molecule has 0 bridgehead atoms. The normalized spacial score (nSPS) is 27.2. The molecule has 30 heavy (non-hydrogen) atoms. The summed E-state index contributed by atoms with van der Waals surface area (Å²) < 4.78 is 5.45. The second-order valence-corrected chi connectivity index (χ2v) is 9.80. The van der Waals surface area contributed by atoms with Crippen molar-refractivity contribution in [3.63, 3.8) is 0 Å². The summed E-state index contributed by atoms with van der Waals surface area (Å²) in [6.45, 7) is 9.86. The summed E-state index contributed by atoms with van der Waals surface area (Å²) in [5.74, 6) is 0.348. The Morgan fingerprint density at radius 3 is 2.27 bits per heavy atom.